The molecule has 0 spiro atoms. The zero-order chi connectivity index (χ0) is 14.4. The van der Waals surface area contributed by atoms with Gasteiger partial charge in [0.25, 0.3) is 0 Å². The van der Waals surface area contributed by atoms with Gasteiger partial charge in [0.2, 0.25) is 5.91 Å². The fourth-order valence-corrected chi connectivity index (χ4v) is 2.10. The zero-order valence-electron chi connectivity index (χ0n) is 11.5. The molecule has 1 aromatic carbocycles. The fourth-order valence-electron chi connectivity index (χ4n) is 2.10. The summed E-state index contributed by atoms with van der Waals surface area (Å²) in [6, 6.07) is 5.98. The highest BCUT2D eigenvalue weighted by Gasteiger charge is 2.30. The molecule has 3 N–H and O–H groups in total. The Morgan fingerprint density at radius 2 is 2.10 bits per heavy atom. The van der Waals surface area contributed by atoms with Crippen molar-refractivity contribution in [1.29, 1.82) is 0 Å². The quantitative estimate of drug-likeness (QED) is 0.714. The molecule has 0 saturated heterocycles. The summed E-state index contributed by atoms with van der Waals surface area (Å²) in [5, 5.41) is 2.97. The molecule has 1 fully saturated rings. The predicted molar refractivity (Wildman–Crippen MR) is 74.8 cm³/mol. The lowest BCUT2D eigenvalue weighted by atomic mass is 10.2. The Hall–Kier alpha value is -1.62. The monoisotopic (exact) mass is 280 g/mol. The SMILES string of the molecule is NCC(NC(=O)CCCOc1ccc(F)cc1)C1CC1. The normalized spacial score (nSPS) is 15.7. The Balaban J connectivity index is 1.60. The molecule has 0 heterocycles. The lowest BCUT2D eigenvalue weighted by Crippen LogP contribution is -2.41. The van der Waals surface area contributed by atoms with Crippen molar-refractivity contribution in [2.24, 2.45) is 11.7 Å². The van der Waals surface area contributed by atoms with Gasteiger partial charge in [-0.15, -0.1) is 0 Å². The van der Waals surface area contributed by atoms with Gasteiger partial charge in [0.15, 0.2) is 0 Å². The molecule has 20 heavy (non-hydrogen) atoms. The van der Waals surface area contributed by atoms with Gasteiger partial charge in [-0.05, 0) is 49.4 Å². The summed E-state index contributed by atoms with van der Waals surface area (Å²) in [5.74, 6) is 0.920. The second-order valence-electron chi connectivity index (χ2n) is 5.15. The molecule has 1 saturated carbocycles. The van der Waals surface area contributed by atoms with E-state index in [0.717, 1.165) is 12.8 Å². The lowest BCUT2D eigenvalue weighted by Gasteiger charge is -2.15. The predicted octanol–water partition coefficient (Wildman–Crippen LogP) is 1.84. The van der Waals surface area contributed by atoms with Crippen LogP contribution >= 0.6 is 0 Å². The first-order valence-corrected chi connectivity index (χ1v) is 7.07. The molecule has 1 aliphatic rings. The molecule has 1 aliphatic carbocycles. The first kappa shape index (κ1) is 14.8. The van der Waals surface area contributed by atoms with Gasteiger partial charge < -0.3 is 15.8 Å². The summed E-state index contributed by atoms with van der Waals surface area (Å²) >= 11 is 0. The van der Waals surface area contributed by atoms with Gasteiger partial charge >= 0.3 is 0 Å². The number of halogens is 1. The van der Waals surface area contributed by atoms with E-state index in [1.165, 1.54) is 12.1 Å². The van der Waals surface area contributed by atoms with Crippen LogP contribution in [0.1, 0.15) is 25.7 Å². The fraction of sp³-hybridized carbons (Fsp3) is 0.533. The van der Waals surface area contributed by atoms with Crippen molar-refractivity contribution in [2.45, 2.75) is 31.7 Å². The van der Waals surface area contributed by atoms with Crippen molar-refractivity contribution in [3.8, 4) is 5.75 Å². The molecule has 2 rings (SSSR count). The number of nitrogens with one attached hydrogen (secondary N) is 1. The summed E-state index contributed by atoms with van der Waals surface area (Å²) in [7, 11) is 0. The summed E-state index contributed by atoms with van der Waals surface area (Å²) in [5.41, 5.74) is 5.63. The molecule has 4 nitrogen and oxygen atoms in total. The molecular weight excluding hydrogens is 259 g/mol. The van der Waals surface area contributed by atoms with Gasteiger partial charge in [0.1, 0.15) is 11.6 Å². The van der Waals surface area contributed by atoms with E-state index in [1.54, 1.807) is 12.1 Å². The summed E-state index contributed by atoms with van der Waals surface area (Å²) in [6.45, 7) is 0.943. The maximum Gasteiger partial charge on any atom is 0.220 e. The van der Waals surface area contributed by atoms with Crippen LogP contribution in [0, 0.1) is 11.7 Å². The highest BCUT2D eigenvalue weighted by atomic mass is 19.1. The number of hydrogen-bond donors (Lipinski definition) is 2. The van der Waals surface area contributed by atoms with Gasteiger partial charge in [-0.2, -0.15) is 0 Å². The second-order valence-corrected chi connectivity index (χ2v) is 5.15. The minimum atomic E-state index is -0.287. The number of carbonyl (C=O) groups is 1. The molecule has 0 radical (unpaired) electrons. The van der Waals surface area contributed by atoms with E-state index in [9.17, 15) is 9.18 Å². The Bertz CT molecular complexity index is 432. The van der Waals surface area contributed by atoms with Crippen LogP contribution in [0.2, 0.25) is 0 Å². The van der Waals surface area contributed by atoms with Crippen molar-refractivity contribution in [1.82, 2.24) is 5.32 Å². The average molecular weight is 280 g/mol. The zero-order valence-corrected chi connectivity index (χ0v) is 11.5. The first-order valence-electron chi connectivity index (χ1n) is 7.07. The number of rotatable bonds is 8. The standard InChI is InChI=1S/C15H21FN2O2/c16-12-5-7-13(8-6-12)20-9-1-2-15(19)18-14(10-17)11-3-4-11/h5-8,11,14H,1-4,9-10,17H2,(H,18,19). The first-order chi connectivity index (χ1) is 9.69. The maximum absolute atomic E-state index is 12.7. The van der Waals surface area contributed by atoms with Crippen molar-refractivity contribution < 1.29 is 13.9 Å². The lowest BCUT2D eigenvalue weighted by molar-refractivity contribution is -0.122. The summed E-state index contributed by atoms with van der Waals surface area (Å²) in [4.78, 5) is 11.7. The Morgan fingerprint density at radius 3 is 2.70 bits per heavy atom. The van der Waals surface area contributed by atoms with Crippen LogP contribution in [0.5, 0.6) is 5.75 Å². The third-order valence-electron chi connectivity index (χ3n) is 3.42. The van der Waals surface area contributed by atoms with E-state index in [2.05, 4.69) is 5.32 Å². The van der Waals surface area contributed by atoms with E-state index in [0.29, 0.717) is 37.7 Å². The van der Waals surface area contributed by atoms with E-state index < -0.39 is 0 Å². The number of carbonyl (C=O) groups excluding carboxylic acids is 1. The minimum Gasteiger partial charge on any atom is -0.494 e. The smallest absolute Gasteiger partial charge is 0.220 e. The third-order valence-corrected chi connectivity index (χ3v) is 3.42. The third kappa shape index (κ3) is 4.81. The number of amides is 1. The molecule has 0 bridgehead atoms. The highest BCUT2D eigenvalue weighted by Crippen LogP contribution is 2.32. The number of ether oxygens (including phenoxy) is 1. The number of benzene rings is 1. The van der Waals surface area contributed by atoms with Gasteiger partial charge in [-0.1, -0.05) is 0 Å². The van der Waals surface area contributed by atoms with Crippen LogP contribution in [0.25, 0.3) is 0 Å². The van der Waals surface area contributed by atoms with Crippen molar-refractivity contribution in [3.05, 3.63) is 30.1 Å². The molecule has 1 amide bonds. The average Bonchev–Trinajstić information content (AvgIpc) is 3.27. The molecule has 1 unspecified atom stereocenters. The van der Waals surface area contributed by atoms with Crippen LogP contribution in [0.15, 0.2) is 24.3 Å². The Kier molecular flexibility index (Phi) is 5.35. The van der Waals surface area contributed by atoms with Crippen molar-refractivity contribution in [3.63, 3.8) is 0 Å². The van der Waals surface area contributed by atoms with Gasteiger partial charge in [0.05, 0.1) is 6.61 Å². The van der Waals surface area contributed by atoms with Gasteiger partial charge in [-0.3, -0.25) is 4.79 Å². The van der Waals surface area contributed by atoms with Crippen LogP contribution in [0.3, 0.4) is 0 Å². The molecule has 0 aromatic heterocycles. The van der Waals surface area contributed by atoms with Crippen LogP contribution in [0.4, 0.5) is 4.39 Å². The second kappa shape index (κ2) is 7.24. The molecule has 0 aliphatic heterocycles. The van der Waals surface area contributed by atoms with Crippen molar-refractivity contribution >= 4 is 5.91 Å². The largest absolute Gasteiger partial charge is 0.494 e. The molecule has 110 valence electrons. The van der Waals surface area contributed by atoms with Crippen LogP contribution in [-0.2, 0) is 4.79 Å². The van der Waals surface area contributed by atoms with Crippen LogP contribution in [-0.4, -0.2) is 25.1 Å². The summed E-state index contributed by atoms with van der Waals surface area (Å²) in [6.07, 6.45) is 3.38. The number of hydrogen-bond acceptors (Lipinski definition) is 3. The van der Waals surface area contributed by atoms with E-state index in [1.807, 2.05) is 0 Å². The van der Waals surface area contributed by atoms with E-state index in [-0.39, 0.29) is 17.8 Å². The highest BCUT2D eigenvalue weighted by molar-refractivity contribution is 5.76. The Morgan fingerprint density at radius 1 is 1.40 bits per heavy atom. The molecule has 1 aromatic rings. The van der Waals surface area contributed by atoms with Crippen LogP contribution < -0.4 is 15.8 Å². The van der Waals surface area contributed by atoms with E-state index >= 15 is 0 Å². The van der Waals surface area contributed by atoms with Crippen molar-refractivity contribution in [2.75, 3.05) is 13.2 Å². The molecule has 1 atom stereocenters. The van der Waals surface area contributed by atoms with Gasteiger partial charge in [-0.25, -0.2) is 4.39 Å². The maximum atomic E-state index is 12.7. The van der Waals surface area contributed by atoms with Gasteiger partial charge in [0, 0.05) is 19.0 Å². The minimum absolute atomic E-state index is 0.0232. The molecule has 5 heteroatoms. The number of nitrogens with two attached hydrogens (primary N) is 1. The molecular formula is C15H21FN2O2. The Labute approximate surface area is 118 Å². The van der Waals surface area contributed by atoms with E-state index in [4.69, 9.17) is 10.5 Å². The topological polar surface area (TPSA) is 64.3 Å². The summed E-state index contributed by atoms with van der Waals surface area (Å²) < 4.78 is 18.1.